The summed E-state index contributed by atoms with van der Waals surface area (Å²) in [5.74, 6) is -0.388. The fourth-order valence-electron chi connectivity index (χ4n) is 1.94. The number of ether oxygens (including phenoxy) is 2. The molecule has 0 spiro atoms. The molecule has 5 nitrogen and oxygen atoms in total. The minimum Gasteiger partial charge on any atom is -0.459 e. The maximum Gasteiger partial charge on any atom is 0.340 e. The minimum absolute atomic E-state index is 0.0250. The van der Waals surface area contributed by atoms with Gasteiger partial charge in [0.05, 0.1) is 29.2 Å². The van der Waals surface area contributed by atoms with E-state index in [2.05, 4.69) is 4.98 Å². The van der Waals surface area contributed by atoms with Crippen LogP contribution >= 0.6 is 0 Å². The van der Waals surface area contributed by atoms with Crippen molar-refractivity contribution >= 4 is 11.7 Å². The molecule has 2 heterocycles. The largest absolute Gasteiger partial charge is 0.459 e. The number of esters is 1. The van der Waals surface area contributed by atoms with E-state index in [-0.39, 0.29) is 12.1 Å². The lowest BCUT2D eigenvalue weighted by Gasteiger charge is -2.22. The predicted molar refractivity (Wildman–Crippen MR) is 67.3 cm³/mol. The van der Waals surface area contributed by atoms with E-state index < -0.39 is 0 Å². The van der Waals surface area contributed by atoms with Crippen molar-refractivity contribution in [2.75, 3.05) is 18.9 Å². The Bertz CT molecular complexity index is 428. The van der Waals surface area contributed by atoms with Crippen LogP contribution in [0, 0.1) is 6.92 Å². The van der Waals surface area contributed by atoms with E-state index >= 15 is 0 Å². The van der Waals surface area contributed by atoms with Crippen molar-refractivity contribution in [3.05, 3.63) is 23.5 Å². The van der Waals surface area contributed by atoms with Gasteiger partial charge in [-0.15, -0.1) is 0 Å². The lowest BCUT2D eigenvalue weighted by Crippen LogP contribution is -2.26. The lowest BCUT2D eigenvalue weighted by molar-refractivity contribution is -0.0300. The van der Waals surface area contributed by atoms with Crippen molar-refractivity contribution in [2.45, 2.75) is 32.3 Å². The van der Waals surface area contributed by atoms with Gasteiger partial charge >= 0.3 is 5.97 Å². The number of nitrogen functional groups attached to an aromatic ring is 1. The first-order valence-corrected chi connectivity index (χ1v) is 6.17. The SMILES string of the molecule is Cc1ncc(N)cc1C(=O)OCC1CCCCO1. The molecule has 0 amide bonds. The smallest absolute Gasteiger partial charge is 0.340 e. The Labute approximate surface area is 106 Å². The Morgan fingerprint density at radius 3 is 3.17 bits per heavy atom. The third kappa shape index (κ3) is 3.20. The Balaban J connectivity index is 1.92. The third-order valence-electron chi connectivity index (χ3n) is 3.00. The van der Waals surface area contributed by atoms with Crippen molar-refractivity contribution < 1.29 is 14.3 Å². The number of nitrogens with zero attached hydrogens (tertiary/aromatic N) is 1. The van der Waals surface area contributed by atoms with Gasteiger partial charge < -0.3 is 15.2 Å². The van der Waals surface area contributed by atoms with Crippen LogP contribution in [-0.2, 0) is 9.47 Å². The molecular weight excluding hydrogens is 232 g/mol. The van der Waals surface area contributed by atoms with Crippen LogP contribution in [-0.4, -0.2) is 30.3 Å². The Hall–Kier alpha value is -1.62. The van der Waals surface area contributed by atoms with Crippen molar-refractivity contribution in [1.82, 2.24) is 4.98 Å². The summed E-state index contributed by atoms with van der Waals surface area (Å²) in [6, 6.07) is 1.59. The minimum atomic E-state index is -0.388. The zero-order chi connectivity index (χ0) is 13.0. The van der Waals surface area contributed by atoms with Crippen LogP contribution < -0.4 is 5.73 Å². The molecule has 0 bridgehead atoms. The summed E-state index contributed by atoms with van der Waals surface area (Å²) in [5.41, 5.74) is 7.11. The number of hydrogen-bond acceptors (Lipinski definition) is 5. The number of hydrogen-bond donors (Lipinski definition) is 1. The van der Waals surface area contributed by atoms with Crippen molar-refractivity contribution in [3.63, 3.8) is 0 Å². The van der Waals surface area contributed by atoms with Gasteiger partial charge in [-0.25, -0.2) is 4.79 Å². The molecule has 1 aliphatic heterocycles. The Morgan fingerprint density at radius 2 is 2.44 bits per heavy atom. The van der Waals surface area contributed by atoms with Gasteiger partial charge in [0.15, 0.2) is 0 Å². The zero-order valence-corrected chi connectivity index (χ0v) is 10.5. The molecule has 0 radical (unpaired) electrons. The van der Waals surface area contributed by atoms with Gasteiger partial charge in [-0.1, -0.05) is 0 Å². The van der Waals surface area contributed by atoms with E-state index in [4.69, 9.17) is 15.2 Å². The van der Waals surface area contributed by atoms with E-state index in [0.717, 1.165) is 25.9 Å². The number of carbonyl (C=O) groups excluding carboxylic acids is 1. The molecule has 1 saturated heterocycles. The third-order valence-corrected chi connectivity index (χ3v) is 3.00. The van der Waals surface area contributed by atoms with E-state index in [1.54, 1.807) is 13.0 Å². The molecule has 1 aliphatic rings. The van der Waals surface area contributed by atoms with Crippen molar-refractivity contribution in [3.8, 4) is 0 Å². The molecule has 1 aromatic heterocycles. The summed E-state index contributed by atoms with van der Waals surface area (Å²) in [6.07, 6.45) is 4.71. The van der Waals surface area contributed by atoms with Gasteiger partial charge in [-0.2, -0.15) is 0 Å². The number of aryl methyl sites for hydroxylation is 1. The highest BCUT2D eigenvalue weighted by molar-refractivity contribution is 5.91. The fourth-order valence-corrected chi connectivity index (χ4v) is 1.94. The fraction of sp³-hybridized carbons (Fsp3) is 0.538. The van der Waals surface area contributed by atoms with E-state index in [9.17, 15) is 4.79 Å². The molecule has 2 rings (SSSR count). The second-order valence-corrected chi connectivity index (χ2v) is 4.49. The standard InChI is InChI=1S/C13H18N2O3/c1-9-12(6-10(14)7-15-9)13(16)18-8-11-4-2-3-5-17-11/h6-7,11H,2-5,8,14H2,1H3. The van der Waals surface area contributed by atoms with E-state index in [0.29, 0.717) is 23.6 Å². The van der Waals surface area contributed by atoms with Gasteiger partial charge in [0.1, 0.15) is 6.61 Å². The Morgan fingerprint density at radius 1 is 1.61 bits per heavy atom. The summed E-state index contributed by atoms with van der Waals surface area (Å²) in [7, 11) is 0. The number of pyridine rings is 1. The monoisotopic (exact) mass is 250 g/mol. The average molecular weight is 250 g/mol. The number of rotatable bonds is 3. The van der Waals surface area contributed by atoms with Gasteiger partial charge in [-0.3, -0.25) is 4.98 Å². The van der Waals surface area contributed by atoms with Crippen LogP contribution in [0.2, 0.25) is 0 Å². The molecule has 1 unspecified atom stereocenters. The van der Waals surface area contributed by atoms with Crippen LogP contribution in [0.25, 0.3) is 0 Å². The first-order valence-electron chi connectivity index (χ1n) is 6.17. The molecule has 2 N–H and O–H groups in total. The summed E-state index contributed by atoms with van der Waals surface area (Å²) in [4.78, 5) is 15.9. The predicted octanol–water partition coefficient (Wildman–Crippen LogP) is 1.70. The van der Waals surface area contributed by atoms with Crippen LogP contribution in [0.1, 0.15) is 35.3 Å². The molecule has 0 aliphatic carbocycles. The maximum absolute atomic E-state index is 11.9. The van der Waals surface area contributed by atoms with Crippen LogP contribution in [0.3, 0.4) is 0 Å². The molecule has 1 fully saturated rings. The van der Waals surface area contributed by atoms with Crippen molar-refractivity contribution in [2.24, 2.45) is 0 Å². The molecule has 98 valence electrons. The normalized spacial score (nSPS) is 19.5. The van der Waals surface area contributed by atoms with Gasteiger partial charge in [0.25, 0.3) is 0 Å². The van der Waals surface area contributed by atoms with Crippen LogP contribution in [0.5, 0.6) is 0 Å². The molecule has 1 atom stereocenters. The molecule has 18 heavy (non-hydrogen) atoms. The first-order chi connectivity index (χ1) is 8.66. The highest BCUT2D eigenvalue weighted by atomic mass is 16.6. The number of nitrogens with two attached hydrogens (primary N) is 1. The molecule has 1 aromatic rings. The van der Waals surface area contributed by atoms with Gasteiger partial charge in [0.2, 0.25) is 0 Å². The zero-order valence-electron chi connectivity index (χ0n) is 10.5. The lowest BCUT2D eigenvalue weighted by atomic mass is 10.1. The quantitative estimate of drug-likeness (QED) is 0.826. The van der Waals surface area contributed by atoms with E-state index in [1.807, 2.05) is 0 Å². The summed E-state index contributed by atoms with van der Waals surface area (Å²) in [6.45, 7) is 2.81. The van der Waals surface area contributed by atoms with Crippen LogP contribution in [0.4, 0.5) is 5.69 Å². The van der Waals surface area contributed by atoms with Gasteiger partial charge in [0, 0.05) is 6.61 Å². The molecular formula is C13H18N2O3. The Kier molecular flexibility index (Phi) is 4.15. The topological polar surface area (TPSA) is 74.4 Å². The summed E-state index contributed by atoms with van der Waals surface area (Å²) in [5, 5.41) is 0. The van der Waals surface area contributed by atoms with Gasteiger partial charge in [-0.05, 0) is 32.3 Å². The molecule has 0 saturated carbocycles. The second-order valence-electron chi connectivity index (χ2n) is 4.49. The molecule has 5 heteroatoms. The first kappa shape index (κ1) is 12.8. The molecule has 0 aromatic carbocycles. The average Bonchev–Trinajstić information content (AvgIpc) is 2.40. The second kappa shape index (κ2) is 5.82. The highest BCUT2D eigenvalue weighted by Crippen LogP contribution is 2.15. The number of aromatic nitrogens is 1. The van der Waals surface area contributed by atoms with Crippen molar-refractivity contribution in [1.29, 1.82) is 0 Å². The summed E-state index contributed by atoms with van der Waals surface area (Å²) >= 11 is 0. The van der Waals surface area contributed by atoms with E-state index in [1.165, 1.54) is 6.20 Å². The maximum atomic E-state index is 11.9. The summed E-state index contributed by atoms with van der Waals surface area (Å²) < 4.78 is 10.7. The van der Waals surface area contributed by atoms with Crippen LogP contribution in [0.15, 0.2) is 12.3 Å². The number of anilines is 1. The highest BCUT2D eigenvalue weighted by Gasteiger charge is 2.18. The number of carbonyl (C=O) groups is 1.